The fourth-order valence-corrected chi connectivity index (χ4v) is 6.41. The van der Waals surface area contributed by atoms with Crippen molar-refractivity contribution >= 4 is 27.2 Å². The van der Waals surface area contributed by atoms with E-state index in [9.17, 15) is 18.3 Å². The lowest BCUT2D eigenvalue weighted by molar-refractivity contribution is 0.134. The number of rotatable bonds is 7. The van der Waals surface area contributed by atoms with Crippen LogP contribution in [0.2, 0.25) is 0 Å². The van der Waals surface area contributed by atoms with Gasteiger partial charge in [-0.1, -0.05) is 33.1 Å². The smallest absolute Gasteiger partial charge is 0.261 e. The Bertz CT molecular complexity index is 1250. The number of aromatic nitrogens is 1. The number of fused-ring (bicyclic) bond motifs is 1. The van der Waals surface area contributed by atoms with Crippen LogP contribution in [-0.2, 0) is 16.6 Å². The van der Waals surface area contributed by atoms with Crippen molar-refractivity contribution in [1.29, 1.82) is 0 Å². The zero-order chi connectivity index (χ0) is 24.5. The minimum atomic E-state index is -3.64. The number of sulfonamides is 1. The maximum atomic E-state index is 12.9. The van der Waals surface area contributed by atoms with E-state index < -0.39 is 15.4 Å². The molecule has 184 valence electrons. The molecule has 0 radical (unpaired) electrons. The lowest BCUT2D eigenvalue weighted by Crippen LogP contribution is -2.36. The van der Waals surface area contributed by atoms with Crippen LogP contribution in [0.1, 0.15) is 57.1 Å². The van der Waals surface area contributed by atoms with E-state index in [-0.39, 0.29) is 41.6 Å². The Morgan fingerprint density at radius 1 is 1.26 bits per heavy atom. The maximum Gasteiger partial charge on any atom is 0.261 e. The summed E-state index contributed by atoms with van der Waals surface area (Å²) < 4.78 is 27.3. The average Bonchev–Trinajstić information content (AvgIpc) is 3.03. The van der Waals surface area contributed by atoms with Crippen LogP contribution in [0.5, 0.6) is 0 Å². The number of amidine groups is 1. The molecule has 0 unspecified atom stereocenters. The van der Waals surface area contributed by atoms with E-state index in [0.29, 0.717) is 23.0 Å². The minimum Gasteiger partial charge on any atom is -0.396 e. The fraction of sp³-hybridized carbons (Fsp3) is 0.500. The molecule has 4 rings (SSSR count). The number of nitrogens with two attached hydrogens (primary N) is 1. The van der Waals surface area contributed by atoms with Gasteiger partial charge in [-0.2, -0.15) is 4.31 Å². The lowest BCUT2D eigenvalue weighted by atomic mass is 9.95. The van der Waals surface area contributed by atoms with Gasteiger partial charge < -0.3 is 21.1 Å². The van der Waals surface area contributed by atoms with Crippen LogP contribution in [0, 0.1) is 5.41 Å². The van der Waals surface area contributed by atoms with Crippen LogP contribution in [0.3, 0.4) is 0 Å². The van der Waals surface area contributed by atoms with Crippen LogP contribution in [0.4, 0.5) is 11.4 Å². The molecule has 1 saturated carbocycles. The molecule has 1 aliphatic heterocycles. The number of nitrogens with one attached hydrogen (secondary N) is 2. The van der Waals surface area contributed by atoms with Crippen molar-refractivity contribution in [2.24, 2.45) is 16.1 Å². The van der Waals surface area contributed by atoms with Crippen molar-refractivity contribution in [2.75, 3.05) is 18.5 Å². The molecule has 1 aromatic carbocycles. The molecule has 0 spiro atoms. The van der Waals surface area contributed by atoms with Gasteiger partial charge >= 0.3 is 0 Å². The van der Waals surface area contributed by atoms with Gasteiger partial charge in [0.2, 0.25) is 10.0 Å². The highest BCUT2D eigenvalue weighted by Crippen LogP contribution is 2.35. The summed E-state index contributed by atoms with van der Waals surface area (Å²) in [6.45, 7) is 3.92. The van der Waals surface area contributed by atoms with Gasteiger partial charge in [-0.3, -0.25) is 4.79 Å². The number of aromatic amines is 1. The molecule has 2 heterocycles. The largest absolute Gasteiger partial charge is 0.396 e. The third-order valence-electron chi connectivity index (χ3n) is 6.47. The topological polar surface area (TPSA) is 141 Å². The number of hydrogen-bond acceptors (Lipinski definition) is 6. The normalized spacial score (nSPS) is 19.2. The molecule has 10 heteroatoms. The first-order chi connectivity index (χ1) is 16.1. The van der Waals surface area contributed by atoms with Gasteiger partial charge in [-0.15, -0.1) is 0 Å². The molecular formula is C24H33N5O4S. The number of H-pyrrole nitrogens is 1. The summed E-state index contributed by atoms with van der Waals surface area (Å²) >= 11 is 0. The van der Waals surface area contributed by atoms with E-state index in [1.807, 2.05) is 13.8 Å². The second-order valence-electron chi connectivity index (χ2n) is 9.96. The lowest BCUT2D eigenvalue weighted by Gasteiger charge is -2.27. The minimum absolute atomic E-state index is 0.0687. The van der Waals surface area contributed by atoms with Gasteiger partial charge in [0, 0.05) is 37.4 Å². The quantitative estimate of drug-likeness (QED) is 0.350. The van der Waals surface area contributed by atoms with E-state index >= 15 is 0 Å². The van der Waals surface area contributed by atoms with Gasteiger partial charge in [0.25, 0.3) is 5.56 Å². The summed E-state index contributed by atoms with van der Waals surface area (Å²) in [7, 11) is -3.64. The molecule has 0 bridgehead atoms. The van der Waals surface area contributed by atoms with Crippen LogP contribution >= 0.6 is 0 Å². The van der Waals surface area contributed by atoms with Gasteiger partial charge in [-0.25, -0.2) is 13.4 Å². The second kappa shape index (κ2) is 9.52. The predicted octanol–water partition coefficient (Wildman–Crippen LogP) is 2.68. The summed E-state index contributed by atoms with van der Waals surface area (Å²) in [6, 6.07) is 6.90. The van der Waals surface area contributed by atoms with Gasteiger partial charge in [0.05, 0.1) is 16.3 Å². The first-order valence-electron chi connectivity index (χ1n) is 11.7. The number of aliphatic hydroxyl groups is 1. The summed E-state index contributed by atoms with van der Waals surface area (Å²) in [6.07, 6.45) is 7.23. The maximum absolute atomic E-state index is 12.9. The number of aliphatic imine (C=N–C) groups is 1. The van der Waals surface area contributed by atoms with E-state index in [4.69, 9.17) is 5.73 Å². The van der Waals surface area contributed by atoms with Crippen molar-refractivity contribution in [3.05, 3.63) is 51.9 Å². The molecule has 5 N–H and O–H groups in total. The number of pyridine rings is 1. The molecule has 1 fully saturated rings. The Balaban J connectivity index is 1.62. The summed E-state index contributed by atoms with van der Waals surface area (Å²) in [4.78, 5) is 20.0. The SMILES string of the molecule is CC(C)(CO)CN1Cc2cc(N=C(N)c3c(NC4CCCCC4)cc[nH]c3=O)ccc2S1(=O)=O. The number of benzene rings is 1. The highest BCUT2D eigenvalue weighted by Gasteiger charge is 2.37. The van der Waals surface area contributed by atoms with Gasteiger partial charge in [0.15, 0.2) is 0 Å². The Hall–Kier alpha value is -2.69. The molecule has 9 nitrogen and oxygen atoms in total. The summed E-state index contributed by atoms with van der Waals surface area (Å²) in [5.41, 5.74) is 7.43. The van der Waals surface area contributed by atoms with Crippen LogP contribution in [-0.4, -0.2) is 47.8 Å². The Morgan fingerprint density at radius 2 is 2.00 bits per heavy atom. The molecule has 0 saturated heterocycles. The second-order valence-corrected chi connectivity index (χ2v) is 11.9. The predicted molar refractivity (Wildman–Crippen MR) is 133 cm³/mol. The first kappa shape index (κ1) is 24.4. The Labute approximate surface area is 200 Å². The third kappa shape index (κ3) is 5.03. The molecule has 2 aromatic rings. The first-order valence-corrected chi connectivity index (χ1v) is 13.1. The molecule has 0 amide bonds. The molecule has 2 aliphatic rings. The van der Waals surface area contributed by atoms with Crippen molar-refractivity contribution in [1.82, 2.24) is 9.29 Å². The van der Waals surface area contributed by atoms with Crippen LogP contribution < -0.4 is 16.6 Å². The molecular weight excluding hydrogens is 454 g/mol. The zero-order valence-electron chi connectivity index (χ0n) is 19.7. The van der Waals surface area contributed by atoms with Crippen molar-refractivity contribution < 1.29 is 13.5 Å². The highest BCUT2D eigenvalue weighted by molar-refractivity contribution is 7.89. The van der Waals surface area contributed by atoms with E-state index in [0.717, 1.165) is 25.7 Å². The Kier molecular flexibility index (Phi) is 6.84. The molecule has 1 aliphatic carbocycles. The van der Waals surface area contributed by atoms with Crippen molar-refractivity contribution in [3.8, 4) is 0 Å². The standard InChI is InChI=1S/C24H33N5O4S/c1-24(2,15-30)14-29-13-16-12-18(8-9-20(16)34(29,32)33)28-22(25)21-19(10-11-26-23(21)31)27-17-6-4-3-5-7-17/h8-12,17,30H,3-7,13-15H2,1-2H3,(H2,25,28)(H2,26,27,31). The number of hydrogen-bond donors (Lipinski definition) is 4. The monoisotopic (exact) mass is 487 g/mol. The summed E-state index contributed by atoms with van der Waals surface area (Å²) in [5, 5.41) is 13.0. The van der Waals surface area contributed by atoms with Gasteiger partial charge in [-0.05, 0) is 42.7 Å². The highest BCUT2D eigenvalue weighted by atomic mass is 32.2. The molecule has 34 heavy (non-hydrogen) atoms. The van der Waals surface area contributed by atoms with Crippen LogP contribution in [0.25, 0.3) is 0 Å². The number of nitrogens with zero attached hydrogens (tertiary/aromatic N) is 2. The van der Waals surface area contributed by atoms with Crippen LogP contribution in [0.15, 0.2) is 45.1 Å². The third-order valence-corrected chi connectivity index (χ3v) is 8.36. The van der Waals surface area contributed by atoms with E-state index in [1.165, 1.54) is 16.8 Å². The molecule has 1 aromatic heterocycles. The van der Waals surface area contributed by atoms with E-state index in [1.54, 1.807) is 24.4 Å². The fourth-order valence-electron chi connectivity index (χ4n) is 4.61. The zero-order valence-corrected chi connectivity index (χ0v) is 20.5. The van der Waals surface area contributed by atoms with E-state index in [2.05, 4.69) is 15.3 Å². The van der Waals surface area contributed by atoms with Crippen molar-refractivity contribution in [2.45, 2.75) is 63.4 Å². The number of aliphatic hydroxyl groups excluding tert-OH is 1. The summed E-state index contributed by atoms with van der Waals surface area (Å²) in [5.74, 6) is 0.0687. The van der Waals surface area contributed by atoms with Gasteiger partial charge in [0.1, 0.15) is 11.4 Å². The number of anilines is 1. The Morgan fingerprint density at radius 3 is 2.71 bits per heavy atom. The molecule has 0 atom stereocenters. The van der Waals surface area contributed by atoms with Crippen molar-refractivity contribution in [3.63, 3.8) is 0 Å². The average molecular weight is 488 g/mol.